The maximum Gasteiger partial charge on any atom is 0.348 e. The first-order chi connectivity index (χ1) is 9.46. The molecule has 9 heteroatoms. The van der Waals surface area contributed by atoms with Crippen LogP contribution in [-0.4, -0.2) is 52.0 Å². The topological polar surface area (TPSA) is 75.7 Å². The first-order valence-corrected chi connectivity index (χ1v) is 8.64. The summed E-state index contributed by atoms with van der Waals surface area (Å²) in [7, 11) is -0.678. The number of hydrogen-bond acceptors (Lipinski definition) is 6. The highest BCUT2D eigenvalue weighted by Gasteiger charge is 2.30. The molecule has 1 fully saturated rings. The van der Waals surface area contributed by atoms with Crippen LogP contribution in [0.1, 0.15) is 22.5 Å². The molecule has 120 valence electrons. The Kier molecular flexibility index (Phi) is 6.61. The van der Waals surface area contributed by atoms with Gasteiger partial charge in [0.15, 0.2) is 0 Å². The molecule has 2 heterocycles. The summed E-state index contributed by atoms with van der Waals surface area (Å²) in [5, 5.41) is 4.69. The molecule has 0 unspecified atom stereocenters. The third kappa shape index (κ3) is 3.95. The van der Waals surface area contributed by atoms with Gasteiger partial charge in [-0.2, -0.15) is 4.31 Å². The zero-order valence-corrected chi connectivity index (χ0v) is 14.3. The summed E-state index contributed by atoms with van der Waals surface area (Å²) in [6.45, 7) is 1.64. The van der Waals surface area contributed by atoms with Gasteiger partial charge in [-0.05, 0) is 32.0 Å². The maximum atomic E-state index is 12.5. The first-order valence-electron chi connectivity index (χ1n) is 6.32. The molecule has 0 radical (unpaired) electrons. The van der Waals surface area contributed by atoms with E-state index < -0.39 is 16.0 Å². The van der Waals surface area contributed by atoms with Crippen molar-refractivity contribution in [3.05, 3.63) is 16.3 Å². The third-order valence-corrected chi connectivity index (χ3v) is 6.41. The third-order valence-electron chi connectivity index (χ3n) is 3.46. The van der Waals surface area contributed by atoms with Gasteiger partial charge in [-0.25, -0.2) is 13.2 Å². The lowest BCUT2D eigenvalue weighted by Crippen LogP contribution is -2.43. The number of nitrogens with zero attached hydrogens (tertiary/aromatic N) is 1. The summed E-state index contributed by atoms with van der Waals surface area (Å²) in [5.74, 6) is -0.513. The number of sulfonamides is 1. The fourth-order valence-electron chi connectivity index (χ4n) is 2.19. The van der Waals surface area contributed by atoms with Crippen LogP contribution < -0.4 is 5.32 Å². The molecule has 1 aliphatic heterocycles. The highest BCUT2D eigenvalue weighted by molar-refractivity contribution is 7.89. The molecule has 1 aromatic rings. The predicted octanol–water partition coefficient (Wildman–Crippen LogP) is 1.33. The molecule has 2 rings (SSSR count). The number of thiophene rings is 1. The zero-order valence-electron chi connectivity index (χ0n) is 11.9. The molecule has 0 atom stereocenters. The Hall–Kier alpha value is -0.670. The van der Waals surface area contributed by atoms with Gasteiger partial charge in [-0.1, -0.05) is 0 Å². The van der Waals surface area contributed by atoms with Crippen LogP contribution in [0.4, 0.5) is 0 Å². The number of esters is 1. The number of ether oxygens (including phenoxy) is 1. The fraction of sp³-hybridized carbons (Fsp3) is 0.583. The van der Waals surface area contributed by atoms with Gasteiger partial charge < -0.3 is 10.1 Å². The minimum atomic E-state index is -3.55. The Balaban J connectivity index is 0.00000220. The lowest BCUT2D eigenvalue weighted by atomic mass is 10.1. The van der Waals surface area contributed by atoms with E-state index in [2.05, 4.69) is 10.1 Å². The van der Waals surface area contributed by atoms with Gasteiger partial charge >= 0.3 is 5.97 Å². The number of halogens is 1. The van der Waals surface area contributed by atoms with Crippen molar-refractivity contribution < 1.29 is 17.9 Å². The van der Waals surface area contributed by atoms with Crippen LogP contribution in [0.5, 0.6) is 0 Å². The molecule has 1 saturated heterocycles. The summed E-state index contributed by atoms with van der Waals surface area (Å²) >= 11 is 1.08. The number of rotatable bonds is 4. The van der Waals surface area contributed by atoms with Crippen molar-refractivity contribution in [2.75, 3.05) is 27.2 Å². The highest BCUT2D eigenvalue weighted by Crippen LogP contribution is 2.25. The number of methoxy groups -OCH3 is 1. The average Bonchev–Trinajstić information content (AvgIpc) is 2.97. The van der Waals surface area contributed by atoms with Crippen molar-refractivity contribution in [2.24, 2.45) is 0 Å². The van der Waals surface area contributed by atoms with E-state index in [1.165, 1.54) is 22.9 Å². The molecule has 0 aromatic carbocycles. The first kappa shape index (κ1) is 18.4. The second-order valence-electron chi connectivity index (χ2n) is 4.64. The summed E-state index contributed by atoms with van der Waals surface area (Å²) in [4.78, 5) is 11.8. The Morgan fingerprint density at radius 1 is 1.43 bits per heavy atom. The van der Waals surface area contributed by atoms with Crippen molar-refractivity contribution >= 4 is 39.7 Å². The van der Waals surface area contributed by atoms with E-state index in [0.717, 1.165) is 37.3 Å². The number of piperidine rings is 1. The molecule has 0 saturated carbocycles. The van der Waals surface area contributed by atoms with E-state index in [1.54, 1.807) is 7.05 Å². The Labute approximate surface area is 134 Å². The molecule has 0 spiro atoms. The van der Waals surface area contributed by atoms with Crippen molar-refractivity contribution in [1.82, 2.24) is 9.62 Å². The molecule has 1 N–H and O–H groups in total. The van der Waals surface area contributed by atoms with Crippen LogP contribution in [0, 0.1) is 0 Å². The fourth-order valence-corrected chi connectivity index (χ4v) is 4.79. The maximum absolute atomic E-state index is 12.5. The molecule has 0 bridgehead atoms. The Morgan fingerprint density at radius 3 is 2.62 bits per heavy atom. The van der Waals surface area contributed by atoms with Crippen LogP contribution in [0.3, 0.4) is 0 Å². The average molecular weight is 355 g/mol. The predicted molar refractivity (Wildman–Crippen MR) is 83.7 cm³/mol. The van der Waals surface area contributed by atoms with Gasteiger partial charge in [0, 0.05) is 18.5 Å². The van der Waals surface area contributed by atoms with Crippen molar-refractivity contribution in [2.45, 2.75) is 23.8 Å². The highest BCUT2D eigenvalue weighted by atomic mass is 35.5. The normalized spacial score (nSPS) is 16.5. The van der Waals surface area contributed by atoms with Gasteiger partial charge in [0.25, 0.3) is 0 Å². The van der Waals surface area contributed by atoms with Gasteiger partial charge in [-0.15, -0.1) is 23.7 Å². The smallest absolute Gasteiger partial charge is 0.348 e. The van der Waals surface area contributed by atoms with E-state index in [9.17, 15) is 13.2 Å². The van der Waals surface area contributed by atoms with E-state index in [0.29, 0.717) is 4.88 Å². The van der Waals surface area contributed by atoms with Gasteiger partial charge in [-0.3, -0.25) is 0 Å². The minimum Gasteiger partial charge on any atom is -0.465 e. The van der Waals surface area contributed by atoms with Gasteiger partial charge in [0.05, 0.1) is 12.0 Å². The van der Waals surface area contributed by atoms with Crippen LogP contribution in [-0.2, 0) is 14.8 Å². The number of nitrogens with one attached hydrogen (secondary N) is 1. The van der Waals surface area contributed by atoms with E-state index in [1.807, 2.05) is 0 Å². The quantitative estimate of drug-likeness (QED) is 0.825. The van der Waals surface area contributed by atoms with E-state index in [4.69, 9.17) is 0 Å². The van der Waals surface area contributed by atoms with E-state index >= 15 is 0 Å². The van der Waals surface area contributed by atoms with Crippen LogP contribution in [0.2, 0.25) is 0 Å². The van der Waals surface area contributed by atoms with Crippen LogP contribution >= 0.6 is 23.7 Å². The lowest BCUT2D eigenvalue weighted by molar-refractivity contribution is 0.0606. The standard InChI is InChI=1S/C12H18N2O4S2.ClH/c1-14(9-3-5-13-6-4-9)20(16,17)10-7-11(19-8-10)12(15)18-2;/h7-9,13H,3-6H2,1-2H3;1H. The molecule has 0 amide bonds. The summed E-state index contributed by atoms with van der Waals surface area (Å²) in [5.41, 5.74) is 0. The number of carbonyl (C=O) groups is 1. The SMILES string of the molecule is COC(=O)c1cc(S(=O)(=O)N(C)C2CCNCC2)cs1.Cl. The second kappa shape index (κ2) is 7.55. The van der Waals surface area contributed by atoms with Crippen molar-refractivity contribution in [3.63, 3.8) is 0 Å². The number of hydrogen-bond donors (Lipinski definition) is 1. The van der Waals surface area contributed by atoms with Crippen molar-refractivity contribution in [1.29, 1.82) is 0 Å². The number of carbonyl (C=O) groups excluding carboxylic acids is 1. The molecular weight excluding hydrogens is 336 g/mol. The summed E-state index contributed by atoms with van der Waals surface area (Å²) in [6.07, 6.45) is 1.59. The molecule has 6 nitrogen and oxygen atoms in total. The minimum absolute atomic E-state index is 0. The molecule has 1 aromatic heterocycles. The Morgan fingerprint density at radius 2 is 2.05 bits per heavy atom. The van der Waals surface area contributed by atoms with Crippen LogP contribution in [0.25, 0.3) is 0 Å². The lowest BCUT2D eigenvalue weighted by Gasteiger charge is -2.30. The molecule has 0 aliphatic carbocycles. The van der Waals surface area contributed by atoms with Crippen molar-refractivity contribution in [3.8, 4) is 0 Å². The Bertz CT molecular complexity index is 582. The summed E-state index contributed by atoms with van der Waals surface area (Å²) < 4.78 is 31.0. The monoisotopic (exact) mass is 354 g/mol. The van der Waals surface area contributed by atoms with Crippen LogP contribution in [0.15, 0.2) is 16.3 Å². The molecule has 1 aliphatic rings. The van der Waals surface area contributed by atoms with Gasteiger partial charge in [0.1, 0.15) is 4.88 Å². The summed E-state index contributed by atoms with van der Waals surface area (Å²) in [6, 6.07) is 1.38. The molecular formula is C12H19ClN2O4S2. The largest absolute Gasteiger partial charge is 0.465 e. The second-order valence-corrected chi connectivity index (χ2v) is 7.55. The molecule has 21 heavy (non-hydrogen) atoms. The van der Waals surface area contributed by atoms with Gasteiger partial charge in [0.2, 0.25) is 10.0 Å². The van der Waals surface area contributed by atoms with E-state index in [-0.39, 0.29) is 23.3 Å². The zero-order chi connectivity index (χ0) is 14.8.